The lowest BCUT2D eigenvalue weighted by atomic mass is 9.79. The van der Waals surface area contributed by atoms with E-state index in [1.807, 2.05) is 0 Å². The first-order valence-corrected chi connectivity index (χ1v) is 9.75. The lowest BCUT2D eigenvalue weighted by Crippen LogP contribution is -2.61. The Morgan fingerprint density at radius 1 is 1.17 bits per heavy atom. The van der Waals surface area contributed by atoms with Crippen molar-refractivity contribution < 1.29 is 44.6 Å². The number of carboxylic acids is 1. The molecule has 0 saturated carbocycles. The number of nitrogens with zero attached hydrogens (tertiary/aromatic N) is 1. The number of ether oxygens (including phenoxy) is 2. The Hall–Kier alpha value is -2.24. The van der Waals surface area contributed by atoms with E-state index < -0.39 is 42.8 Å². The molecule has 3 unspecified atom stereocenters. The number of carboxylic acid groups (broad SMARTS) is 1. The van der Waals surface area contributed by atoms with Gasteiger partial charge in [-0.05, 0) is 37.5 Å². The van der Waals surface area contributed by atoms with Gasteiger partial charge in [0.25, 0.3) is 0 Å². The molecule has 2 fully saturated rings. The van der Waals surface area contributed by atoms with Crippen LogP contribution in [-0.2, 0) is 14.3 Å². The quantitative estimate of drug-likeness (QED) is 0.355. The number of carbonyl (C=O) groups excluding carboxylic acids is 1. The first kappa shape index (κ1) is 22.4. The van der Waals surface area contributed by atoms with Crippen LogP contribution in [-0.4, -0.2) is 86.2 Å². The van der Waals surface area contributed by atoms with Crippen LogP contribution in [0.25, 0.3) is 0 Å². The fraction of sp³-hybridized carbons (Fsp3) is 0.600. The lowest BCUT2D eigenvalue weighted by Gasteiger charge is -2.45. The van der Waals surface area contributed by atoms with Crippen LogP contribution in [0.1, 0.15) is 31.4 Å². The van der Waals surface area contributed by atoms with Gasteiger partial charge in [-0.1, -0.05) is 12.1 Å². The first-order valence-electron chi connectivity index (χ1n) is 9.75. The summed E-state index contributed by atoms with van der Waals surface area (Å²) in [6.07, 6.45) is -7.78. The number of amides is 1. The Bertz CT molecular complexity index is 768. The second-order valence-electron chi connectivity index (χ2n) is 7.85. The number of hydrogen-bond acceptors (Lipinski definition) is 8. The van der Waals surface area contributed by atoms with Crippen LogP contribution in [0.2, 0.25) is 0 Å². The minimum absolute atomic E-state index is 0.0203. The number of hydrogen-bond donors (Lipinski definition) is 5. The molecule has 10 heteroatoms. The van der Waals surface area contributed by atoms with Gasteiger partial charge in [-0.3, -0.25) is 4.79 Å². The molecule has 8 atom stereocenters. The third-order valence-corrected chi connectivity index (χ3v) is 5.65. The Morgan fingerprint density at radius 2 is 1.80 bits per heavy atom. The van der Waals surface area contributed by atoms with E-state index in [-0.39, 0.29) is 23.6 Å². The number of rotatable bonds is 7. The molecule has 10 nitrogen and oxygen atoms in total. The zero-order valence-corrected chi connectivity index (χ0v) is 16.7. The van der Waals surface area contributed by atoms with Crippen molar-refractivity contribution in [2.24, 2.45) is 5.92 Å². The lowest BCUT2D eigenvalue weighted by molar-refractivity contribution is -0.271. The smallest absolute Gasteiger partial charge is 0.335 e. The van der Waals surface area contributed by atoms with E-state index in [1.165, 1.54) is 0 Å². The molecule has 1 aromatic rings. The van der Waals surface area contributed by atoms with Gasteiger partial charge in [0.1, 0.15) is 24.1 Å². The fourth-order valence-corrected chi connectivity index (χ4v) is 3.91. The van der Waals surface area contributed by atoms with Gasteiger partial charge < -0.3 is 39.9 Å². The van der Waals surface area contributed by atoms with Gasteiger partial charge in [0.2, 0.25) is 12.2 Å². The minimum Gasteiger partial charge on any atom is -0.479 e. The van der Waals surface area contributed by atoms with E-state index in [4.69, 9.17) is 14.6 Å². The Morgan fingerprint density at radius 3 is 2.37 bits per heavy atom. The van der Waals surface area contributed by atoms with Crippen molar-refractivity contribution >= 4 is 11.9 Å². The third-order valence-electron chi connectivity index (χ3n) is 5.65. The van der Waals surface area contributed by atoms with E-state index in [0.717, 1.165) is 5.56 Å². The van der Waals surface area contributed by atoms with E-state index in [0.29, 0.717) is 12.8 Å². The largest absolute Gasteiger partial charge is 0.479 e. The normalized spacial score (nSPS) is 34.9. The summed E-state index contributed by atoms with van der Waals surface area (Å²) in [4.78, 5) is 25.0. The molecule has 0 spiro atoms. The second-order valence-corrected chi connectivity index (χ2v) is 7.85. The van der Waals surface area contributed by atoms with Crippen molar-refractivity contribution in [1.82, 2.24) is 4.90 Å². The average Bonchev–Trinajstić information content (AvgIpc) is 2.71. The Kier molecular flexibility index (Phi) is 6.63. The summed E-state index contributed by atoms with van der Waals surface area (Å²) in [5.41, 5.74) is 0.865. The number of carbonyl (C=O) groups is 2. The van der Waals surface area contributed by atoms with Crippen molar-refractivity contribution in [1.29, 1.82) is 0 Å². The van der Waals surface area contributed by atoms with Crippen molar-refractivity contribution in [3.63, 3.8) is 0 Å². The number of aliphatic hydroxyl groups excluding tert-OH is 4. The molecule has 0 bridgehead atoms. The second kappa shape index (κ2) is 8.86. The maximum absolute atomic E-state index is 12.1. The molecule has 5 N–H and O–H groups in total. The summed E-state index contributed by atoms with van der Waals surface area (Å²) in [5, 5.41) is 48.2. The van der Waals surface area contributed by atoms with Crippen LogP contribution in [0.5, 0.6) is 5.75 Å². The molecule has 0 radical (unpaired) electrons. The molecule has 2 saturated heterocycles. The molecular formula is C20H27NO9. The maximum Gasteiger partial charge on any atom is 0.335 e. The number of β-lactam (4-membered cyclic amide) rings is 1. The van der Waals surface area contributed by atoms with Crippen LogP contribution in [0.4, 0.5) is 0 Å². The van der Waals surface area contributed by atoms with Gasteiger partial charge in [0.15, 0.2) is 6.10 Å². The number of aliphatic carboxylic acids is 1. The Balaban J connectivity index is 1.68. The fourth-order valence-electron chi connectivity index (χ4n) is 3.91. The third kappa shape index (κ3) is 4.28. The molecule has 1 aromatic carbocycles. The summed E-state index contributed by atoms with van der Waals surface area (Å²) in [5.74, 6) is -1.43. The summed E-state index contributed by atoms with van der Waals surface area (Å²) in [6, 6.07) is 6.53. The first-order chi connectivity index (χ1) is 14.1. The maximum atomic E-state index is 12.1. The molecule has 0 aliphatic carbocycles. The van der Waals surface area contributed by atoms with Crippen molar-refractivity contribution in [2.75, 3.05) is 7.05 Å². The van der Waals surface area contributed by atoms with Crippen LogP contribution < -0.4 is 4.74 Å². The van der Waals surface area contributed by atoms with Gasteiger partial charge in [0, 0.05) is 7.05 Å². The van der Waals surface area contributed by atoms with Crippen LogP contribution >= 0.6 is 0 Å². The predicted molar refractivity (Wildman–Crippen MR) is 101 cm³/mol. The molecular weight excluding hydrogens is 398 g/mol. The molecule has 0 aromatic heterocycles. The van der Waals surface area contributed by atoms with Gasteiger partial charge in [0.05, 0.1) is 18.1 Å². The highest BCUT2D eigenvalue weighted by Gasteiger charge is 2.48. The molecule has 2 heterocycles. The van der Waals surface area contributed by atoms with Crippen molar-refractivity contribution in [2.45, 2.75) is 62.6 Å². The van der Waals surface area contributed by atoms with E-state index in [1.54, 1.807) is 43.1 Å². The van der Waals surface area contributed by atoms with Gasteiger partial charge in [-0.25, -0.2) is 4.79 Å². The number of aliphatic hydroxyl groups is 4. The Labute approximate surface area is 173 Å². The highest BCUT2D eigenvalue weighted by molar-refractivity contribution is 5.86. The molecule has 166 valence electrons. The molecule has 2 aliphatic heterocycles. The highest BCUT2D eigenvalue weighted by atomic mass is 16.7. The van der Waals surface area contributed by atoms with Crippen LogP contribution in [0.15, 0.2) is 24.3 Å². The van der Waals surface area contributed by atoms with Gasteiger partial charge >= 0.3 is 5.97 Å². The van der Waals surface area contributed by atoms with E-state index >= 15 is 0 Å². The topological polar surface area (TPSA) is 157 Å². The molecule has 1 amide bonds. The summed E-state index contributed by atoms with van der Waals surface area (Å²) in [6.45, 7) is 1.68. The van der Waals surface area contributed by atoms with E-state index in [9.17, 15) is 30.0 Å². The minimum atomic E-state index is -1.79. The summed E-state index contributed by atoms with van der Waals surface area (Å²) >= 11 is 0. The predicted octanol–water partition coefficient (Wildman–Crippen LogP) is -0.752. The monoisotopic (exact) mass is 425 g/mol. The number of likely N-dealkylation sites (tertiary alicyclic amines) is 1. The van der Waals surface area contributed by atoms with Gasteiger partial charge in [-0.15, -0.1) is 0 Å². The van der Waals surface area contributed by atoms with Crippen molar-refractivity contribution in [3.05, 3.63) is 29.8 Å². The molecule has 3 rings (SSSR count). The van der Waals surface area contributed by atoms with Gasteiger partial charge in [-0.2, -0.15) is 0 Å². The summed E-state index contributed by atoms with van der Waals surface area (Å²) < 4.78 is 10.6. The van der Waals surface area contributed by atoms with Crippen LogP contribution in [0, 0.1) is 5.92 Å². The SMILES string of the molecule is C[C@@H](O)CCC1C(=O)N(C)[C@@H]1c1ccc(O[C@@H]2O[C@H](C(=O)O)C(O)[C@H](O)C2O)cc1. The van der Waals surface area contributed by atoms with E-state index in [2.05, 4.69) is 0 Å². The number of benzene rings is 1. The average molecular weight is 425 g/mol. The molecule has 30 heavy (non-hydrogen) atoms. The van der Waals surface area contributed by atoms with Crippen LogP contribution in [0.3, 0.4) is 0 Å². The zero-order valence-electron chi connectivity index (χ0n) is 16.7. The molecule has 2 aliphatic rings. The summed E-state index contributed by atoms with van der Waals surface area (Å²) in [7, 11) is 1.71. The standard InChI is InChI=1S/C20H27NO9/c1-9(22)3-8-12-13(21(2)18(12)26)10-4-6-11(7-5-10)29-20-16(25)14(23)15(24)17(30-20)19(27)28/h4-7,9,12-17,20,22-25H,3,8H2,1-2H3,(H,27,28)/t9-,12?,13-,14+,15?,16?,17+,20-/m1/s1. The zero-order chi connectivity index (χ0) is 22.2. The highest BCUT2D eigenvalue weighted by Crippen LogP contribution is 2.42. The van der Waals surface area contributed by atoms with Crippen molar-refractivity contribution in [3.8, 4) is 5.75 Å².